The number of rotatable bonds is 5. The van der Waals surface area contributed by atoms with E-state index in [1.807, 2.05) is 6.92 Å². The Morgan fingerprint density at radius 3 is 1.86 bits per heavy atom. The van der Waals surface area contributed by atoms with Gasteiger partial charge in [0.1, 0.15) is 4.32 Å². The third-order valence-corrected chi connectivity index (χ3v) is 3.87. The Bertz CT molecular complexity index is 249. The van der Waals surface area contributed by atoms with Gasteiger partial charge in [-0.3, -0.25) is 9.59 Å². The maximum atomic E-state index is 11.1. The van der Waals surface area contributed by atoms with E-state index in [9.17, 15) is 9.59 Å². The van der Waals surface area contributed by atoms with Crippen molar-refractivity contribution in [2.45, 2.75) is 37.9 Å². The van der Waals surface area contributed by atoms with Crippen LogP contribution in [0.25, 0.3) is 0 Å². The predicted octanol–water partition coefficient (Wildman–Crippen LogP) is 2.12. The van der Waals surface area contributed by atoms with Gasteiger partial charge >= 0.3 is 11.9 Å². The smallest absolute Gasteiger partial charge is 0.321 e. The van der Waals surface area contributed by atoms with Crippen molar-refractivity contribution in [3.05, 3.63) is 0 Å². The summed E-state index contributed by atoms with van der Waals surface area (Å²) in [7, 11) is 0. The molecule has 2 atom stereocenters. The highest BCUT2D eigenvalue weighted by molar-refractivity contribution is 9.10. The van der Waals surface area contributed by atoms with Gasteiger partial charge in [-0.15, -0.1) is 0 Å². The van der Waals surface area contributed by atoms with E-state index in [1.165, 1.54) is 13.8 Å². The van der Waals surface area contributed by atoms with Crippen LogP contribution in [0, 0.1) is 5.41 Å². The summed E-state index contributed by atoms with van der Waals surface area (Å²) >= 11 is 2.99. The molecule has 0 bridgehead atoms. The molecule has 0 fully saturated rings. The van der Waals surface area contributed by atoms with Crippen LogP contribution in [-0.4, -0.2) is 26.5 Å². The SMILES string of the molecule is CCC[C@@](C)(C(=O)O)[C@](C)(Br)C(=O)O. The average Bonchev–Trinajstić information content (AvgIpc) is 2.03. The van der Waals surface area contributed by atoms with Crippen LogP contribution in [0.2, 0.25) is 0 Å². The van der Waals surface area contributed by atoms with Gasteiger partial charge in [0, 0.05) is 0 Å². The summed E-state index contributed by atoms with van der Waals surface area (Å²) in [6.45, 7) is 4.65. The highest BCUT2D eigenvalue weighted by atomic mass is 79.9. The molecule has 0 saturated heterocycles. The summed E-state index contributed by atoms with van der Waals surface area (Å²) in [5.41, 5.74) is -1.30. The summed E-state index contributed by atoms with van der Waals surface area (Å²) in [6.07, 6.45) is 0.938. The van der Waals surface area contributed by atoms with Crippen molar-refractivity contribution in [2.75, 3.05) is 0 Å². The molecule has 0 rings (SSSR count). The van der Waals surface area contributed by atoms with Crippen LogP contribution in [-0.2, 0) is 9.59 Å². The van der Waals surface area contributed by atoms with Gasteiger partial charge in [0.2, 0.25) is 0 Å². The van der Waals surface area contributed by atoms with Crippen molar-refractivity contribution < 1.29 is 19.8 Å². The van der Waals surface area contributed by atoms with Crippen LogP contribution in [0.15, 0.2) is 0 Å². The Kier molecular flexibility index (Phi) is 4.12. The first kappa shape index (κ1) is 13.4. The van der Waals surface area contributed by atoms with E-state index in [0.29, 0.717) is 12.8 Å². The third-order valence-electron chi connectivity index (χ3n) is 2.66. The molecule has 2 N–H and O–H groups in total. The standard InChI is InChI=1S/C9H15BrO4/c1-4-5-8(2,6(11)12)9(3,10)7(13)14/h4-5H2,1-3H3,(H,11,12)(H,13,14)/t8-,9+/m0/s1. The van der Waals surface area contributed by atoms with E-state index < -0.39 is 21.7 Å². The topological polar surface area (TPSA) is 74.6 Å². The number of aliphatic carboxylic acids is 2. The quantitative estimate of drug-likeness (QED) is 0.748. The van der Waals surface area contributed by atoms with Gasteiger partial charge in [0.15, 0.2) is 0 Å². The van der Waals surface area contributed by atoms with Crippen LogP contribution < -0.4 is 0 Å². The van der Waals surface area contributed by atoms with Gasteiger partial charge in [0.05, 0.1) is 5.41 Å². The molecule has 14 heavy (non-hydrogen) atoms. The minimum Gasteiger partial charge on any atom is -0.481 e. The number of hydrogen-bond acceptors (Lipinski definition) is 2. The van der Waals surface area contributed by atoms with Crippen LogP contribution in [0.5, 0.6) is 0 Å². The molecule has 4 nitrogen and oxygen atoms in total. The number of carboxylic acid groups (broad SMARTS) is 2. The highest BCUT2D eigenvalue weighted by Gasteiger charge is 2.53. The Hall–Kier alpha value is -0.580. The molecular formula is C9H15BrO4. The number of carbonyl (C=O) groups is 2. The van der Waals surface area contributed by atoms with E-state index in [1.54, 1.807) is 0 Å². The normalized spacial score (nSPS) is 19.4. The fraction of sp³-hybridized carbons (Fsp3) is 0.778. The molecule has 0 aliphatic carbocycles. The first-order valence-electron chi connectivity index (χ1n) is 4.36. The molecule has 0 radical (unpaired) electrons. The fourth-order valence-corrected chi connectivity index (χ4v) is 1.65. The van der Waals surface area contributed by atoms with Gasteiger partial charge in [-0.2, -0.15) is 0 Å². The van der Waals surface area contributed by atoms with Crippen molar-refractivity contribution in [3.63, 3.8) is 0 Å². The first-order chi connectivity index (χ1) is 6.20. The molecule has 0 aliphatic rings. The maximum absolute atomic E-state index is 11.1. The molecule has 82 valence electrons. The summed E-state index contributed by atoms with van der Waals surface area (Å²) in [4.78, 5) is 22.0. The highest BCUT2D eigenvalue weighted by Crippen LogP contribution is 2.42. The lowest BCUT2D eigenvalue weighted by Crippen LogP contribution is -2.50. The van der Waals surface area contributed by atoms with Gasteiger partial charge in [-0.25, -0.2) is 0 Å². The lowest BCUT2D eigenvalue weighted by molar-refractivity contribution is -0.158. The zero-order valence-electron chi connectivity index (χ0n) is 8.50. The number of halogens is 1. The molecule has 0 spiro atoms. The Morgan fingerprint density at radius 2 is 1.64 bits per heavy atom. The van der Waals surface area contributed by atoms with E-state index in [2.05, 4.69) is 15.9 Å². The summed E-state index contributed by atoms with van der Waals surface area (Å²) in [6, 6.07) is 0. The van der Waals surface area contributed by atoms with Gasteiger partial charge in [-0.1, -0.05) is 29.3 Å². The molecule has 0 aromatic heterocycles. The third kappa shape index (κ3) is 2.08. The van der Waals surface area contributed by atoms with Crippen molar-refractivity contribution in [3.8, 4) is 0 Å². The molecule has 0 unspecified atom stereocenters. The second-order valence-electron chi connectivity index (χ2n) is 3.70. The van der Waals surface area contributed by atoms with Crippen molar-refractivity contribution in [1.29, 1.82) is 0 Å². The summed E-state index contributed by atoms with van der Waals surface area (Å²) in [5, 5.41) is 18.0. The largest absolute Gasteiger partial charge is 0.481 e. The Morgan fingerprint density at radius 1 is 1.21 bits per heavy atom. The van der Waals surface area contributed by atoms with Crippen LogP contribution in [0.3, 0.4) is 0 Å². The van der Waals surface area contributed by atoms with Crippen molar-refractivity contribution >= 4 is 27.9 Å². The maximum Gasteiger partial charge on any atom is 0.321 e. The van der Waals surface area contributed by atoms with Crippen LogP contribution >= 0.6 is 15.9 Å². The minimum atomic E-state index is -1.44. The number of alkyl halides is 1. The minimum absolute atomic E-state index is 0.316. The lowest BCUT2D eigenvalue weighted by atomic mass is 9.74. The molecule has 0 saturated carbocycles. The number of carboxylic acids is 2. The summed E-state index contributed by atoms with van der Waals surface area (Å²) in [5.74, 6) is -2.25. The molecule has 0 aromatic rings. The van der Waals surface area contributed by atoms with E-state index >= 15 is 0 Å². The van der Waals surface area contributed by atoms with Crippen LogP contribution in [0.4, 0.5) is 0 Å². The molecule has 0 aromatic carbocycles. The zero-order valence-corrected chi connectivity index (χ0v) is 10.1. The number of hydrogen-bond donors (Lipinski definition) is 2. The van der Waals surface area contributed by atoms with E-state index in [4.69, 9.17) is 10.2 Å². The van der Waals surface area contributed by atoms with E-state index in [-0.39, 0.29) is 0 Å². The molecule has 0 amide bonds. The Labute approximate surface area is 91.4 Å². The lowest BCUT2D eigenvalue weighted by Gasteiger charge is -2.35. The van der Waals surface area contributed by atoms with Gasteiger partial charge < -0.3 is 10.2 Å². The van der Waals surface area contributed by atoms with Crippen LogP contribution in [0.1, 0.15) is 33.6 Å². The van der Waals surface area contributed by atoms with Crippen molar-refractivity contribution in [1.82, 2.24) is 0 Å². The predicted molar refractivity (Wildman–Crippen MR) is 55.6 cm³/mol. The molecule has 5 heteroatoms. The average molecular weight is 267 g/mol. The van der Waals surface area contributed by atoms with Gasteiger partial charge in [0.25, 0.3) is 0 Å². The first-order valence-corrected chi connectivity index (χ1v) is 5.15. The zero-order chi connectivity index (χ0) is 11.6. The van der Waals surface area contributed by atoms with E-state index in [0.717, 1.165) is 0 Å². The van der Waals surface area contributed by atoms with Gasteiger partial charge in [-0.05, 0) is 20.3 Å². The second-order valence-corrected chi connectivity index (χ2v) is 5.28. The van der Waals surface area contributed by atoms with Crippen molar-refractivity contribution in [2.24, 2.45) is 5.41 Å². The Balaban J connectivity index is 5.19. The monoisotopic (exact) mass is 266 g/mol. The fourth-order valence-electron chi connectivity index (χ4n) is 1.28. The molecule has 0 aliphatic heterocycles. The molecular weight excluding hydrogens is 252 g/mol. The summed E-state index contributed by atoms with van der Waals surface area (Å²) < 4.78 is -1.44. The molecule has 0 heterocycles. The second kappa shape index (κ2) is 4.29.